The summed E-state index contributed by atoms with van der Waals surface area (Å²) in [7, 11) is 0. The SMILES string of the molecule is CCc1cccc(CC)c1-n1nc2c(c1-c1c(F)cc(COC(=O)CC[C@H](NC(C)=O)C(=O)O)c3[nH]ccc13)CN(c1ncc(C(F)(F)F)cn1)CC2.Cl. The number of aryl methyl sites for hydroxylation is 2. The number of halogens is 5. The minimum atomic E-state index is -4.59. The molecule has 0 fully saturated rings. The molecule has 1 aliphatic heterocycles. The third-order valence-corrected chi connectivity index (χ3v) is 9.27. The van der Waals surface area contributed by atoms with Crippen LogP contribution in [0, 0.1) is 5.82 Å². The van der Waals surface area contributed by atoms with Gasteiger partial charge in [-0.3, -0.25) is 9.59 Å². The van der Waals surface area contributed by atoms with Crippen molar-refractivity contribution in [3.63, 3.8) is 0 Å². The highest BCUT2D eigenvalue weighted by Crippen LogP contribution is 2.41. The molecular formula is C37H38ClF4N7O5. The average molecular weight is 772 g/mol. The number of hydrogen-bond donors (Lipinski definition) is 3. The molecule has 0 saturated carbocycles. The number of para-hydroxylation sites is 1. The summed E-state index contributed by atoms with van der Waals surface area (Å²) in [5.74, 6) is -3.10. The van der Waals surface area contributed by atoms with Crippen LogP contribution < -0.4 is 10.2 Å². The Morgan fingerprint density at radius 2 is 1.76 bits per heavy atom. The van der Waals surface area contributed by atoms with Crippen LogP contribution in [0.5, 0.6) is 0 Å². The molecule has 0 aliphatic carbocycles. The van der Waals surface area contributed by atoms with E-state index in [-0.39, 0.29) is 49.9 Å². The number of H-pyrrole nitrogens is 1. The van der Waals surface area contributed by atoms with E-state index >= 15 is 4.39 Å². The Labute approximate surface area is 313 Å². The number of carbonyl (C=O) groups excluding carboxylic acids is 2. The number of alkyl halides is 3. The Kier molecular flexibility index (Phi) is 11.9. The molecule has 6 rings (SSSR count). The maximum atomic E-state index is 16.8. The number of esters is 1. The molecule has 5 aromatic rings. The fourth-order valence-electron chi connectivity index (χ4n) is 6.70. The maximum absolute atomic E-state index is 16.8. The molecule has 286 valence electrons. The first kappa shape index (κ1) is 39.7. The molecule has 1 atom stereocenters. The smallest absolute Gasteiger partial charge is 0.419 e. The Balaban J connectivity index is 0.00000561. The number of benzene rings is 2. The zero-order valence-electron chi connectivity index (χ0n) is 29.6. The van der Waals surface area contributed by atoms with Gasteiger partial charge in [0.25, 0.3) is 0 Å². The molecular weight excluding hydrogens is 734 g/mol. The molecule has 54 heavy (non-hydrogen) atoms. The van der Waals surface area contributed by atoms with Crippen LogP contribution in [0.1, 0.15) is 67.1 Å². The second-order valence-electron chi connectivity index (χ2n) is 12.7. The summed E-state index contributed by atoms with van der Waals surface area (Å²) in [5.41, 5.74) is 4.74. The first-order chi connectivity index (χ1) is 25.3. The lowest BCUT2D eigenvalue weighted by molar-refractivity contribution is -0.146. The van der Waals surface area contributed by atoms with Gasteiger partial charge in [-0.05, 0) is 42.5 Å². The van der Waals surface area contributed by atoms with Crippen LogP contribution in [0.2, 0.25) is 0 Å². The van der Waals surface area contributed by atoms with E-state index in [1.54, 1.807) is 21.8 Å². The molecule has 0 radical (unpaired) electrons. The lowest BCUT2D eigenvalue weighted by atomic mass is 9.95. The van der Waals surface area contributed by atoms with Crippen molar-refractivity contribution in [2.24, 2.45) is 0 Å². The normalized spacial score (nSPS) is 13.3. The van der Waals surface area contributed by atoms with E-state index in [0.717, 1.165) is 29.2 Å². The van der Waals surface area contributed by atoms with Crippen molar-refractivity contribution in [2.45, 2.75) is 78.2 Å². The molecule has 4 heterocycles. The molecule has 1 amide bonds. The zero-order chi connectivity index (χ0) is 38.0. The fourth-order valence-corrected chi connectivity index (χ4v) is 6.70. The number of hydrogen-bond acceptors (Lipinski definition) is 8. The number of aromatic nitrogens is 5. The van der Waals surface area contributed by atoms with Crippen molar-refractivity contribution in [2.75, 3.05) is 11.4 Å². The number of anilines is 1. The second-order valence-corrected chi connectivity index (χ2v) is 12.7. The molecule has 17 heteroatoms. The predicted octanol–water partition coefficient (Wildman–Crippen LogP) is 6.49. The van der Waals surface area contributed by atoms with E-state index in [4.69, 9.17) is 9.84 Å². The van der Waals surface area contributed by atoms with Gasteiger partial charge in [-0.15, -0.1) is 12.4 Å². The zero-order valence-corrected chi connectivity index (χ0v) is 30.4. The van der Waals surface area contributed by atoms with Gasteiger partial charge in [0.15, 0.2) is 0 Å². The quantitative estimate of drug-likeness (QED) is 0.0954. The van der Waals surface area contributed by atoms with Crippen molar-refractivity contribution >= 4 is 47.1 Å². The van der Waals surface area contributed by atoms with Gasteiger partial charge < -0.3 is 25.0 Å². The molecule has 0 spiro atoms. The van der Waals surface area contributed by atoms with Crippen LogP contribution in [0.25, 0.3) is 27.8 Å². The number of aliphatic carboxylic acids is 1. The van der Waals surface area contributed by atoms with Gasteiger partial charge in [0.05, 0.1) is 28.2 Å². The van der Waals surface area contributed by atoms with Gasteiger partial charge in [0.1, 0.15) is 18.5 Å². The van der Waals surface area contributed by atoms with Crippen LogP contribution >= 0.6 is 12.4 Å². The number of nitrogens with zero attached hydrogens (tertiary/aromatic N) is 5. The van der Waals surface area contributed by atoms with Gasteiger partial charge >= 0.3 is 18.1 Å². The van der Waals surface area contributed by atoms with Crippen LogP contribution in [-0.4, -0.2) is 60.3 Å². The molecule has 3 N–H and O–H groups in total. The lowest BCUT2D eigenvalue weighted by Gasteiger charge is -2.27. The van der Waals surface area contributed by atoms with Crippen molar-refractivity contribution in [1.82, 2.24) is 30.0 Å². The first-order valence-electron chi connectivity index (χ1n) is 17.1. The summed E-state index contributed by atoms with van der Waals surface area (Å²) in [6.07, 6.45) is -0.222. The van der Waals surface area contributed by atoms with E-state index < -0.39 is 41.4 Å². The topological polar surface area (TPSA) is 155 Å². The maximum Gasteiger partial charge on any atom is 0.419 e. The molecule has 0 bridgehead atoms. The lowest BCUT2D eigenvalue weighted by Crippen LogP contribution is -2.39. The number of rotatable bonds is 12. The van der Waals surface area contributed by atoms with Crippen LogP contribution in [-0.2, 0) is 57.7 Å². The summed E-state index contributed by atoms with van der Waals surface area (Å²) in [6, 6.07) is 7.67. The van der Waals surface area contributed by atoms with E-state index in [9.17, 15) is 32.7 Å². The van der Waals surface area contributed by atoms with E-state index in [1.807, 2.05) is 32.0 Å². The Morgan fingerprint density at radius 3 is 2.37 bits per heavy atom. The minimum absolute atomic E-state index is 0. The summed E-state index contributed by atoms with van der Waals surface area (Å²) >= 11 is 0. The van der Waals surface area contributed by atoms with Gasteiger partial charge in [0.2, 0.25) is 11.9 Å². The minimum Gasteiger partial charge on any atom is -0.480 e. The highest BCUT2D eigenvalue weighted by molar-refractivity contribution is 5.98. The number of amides is 1. The summed E-state index contributed by atoms with van der Waals surface area (Å²) in [5, 5.41) is 17.1. The molecule has 2 aromatic carbocycles. The van der Waals surface area contributed by atoms with E-state index in [2.05, 4.69) is 20.3 Å². The van der Waals surface area contributed by atoms with Crippen molar-refractivity contribution < 1.29 is 41.8 Å². The highest BCUT2D eigenvalue weighted by atomic mass is 35.5. The van der Waals surface area contributed by atoms with Gasteiger partial charge in [0, 0.05) is 73.5 Å². The van der Waals surface area contributed by atoms with E-state index in [0.29, 0.717) is 59.2 Å². The molecule has 1 aliphatic rings. The number of nitrogens with one attached hydrogen (secondary N) is 2. The van der Waals surface area contributed by atoms with Crippen molar-refractivity contribution in [1.29, 1.82) is 0 Å². The monoisotopic (exact) mass is 771 g/mol. The standard InChI is InChI=1S/C37H37F4N7O5.ClH/c1-4-21-7-6-8-22(5-2)33(21)48-34(26-18-47(14-12-28(26)46-48)36-43-16-24(17-44-36)37(39,40)41)31-25-11-13-42-32(25)23(15-27(31)38)19-53-30(50)10-9-29(35(51)52)45-20(3)49;/h6-8,11,13,15-17,29,42H,4-5,9-10,12,14,18-19H2,1-3H3,(H,45,49)(H,51,52);1H/t29-;/m0./s1. The Bertz CT molecular complexity index is 2160. The molecule has 0 saturated heterocycles. The third-order valence-electron chi connectivity index (χ3n) is 9.27. The summed E-state index contributed by atoms with van der Waals surface area (Å²) < 4.78 is 63.8. The summed E-state index contributed by atoms with van der Waals surface area (Å²) in [6.45, 7) is 5.41. The second kappa shape index (κ2) is 16.2. The molecule has 0 unspecified atom stereocenters. The van der Waals surface area contributed by atoms with Crippen LogP contribution in [0.4, 0.5) is 23.5 Å². The molecule has 3 aromatic heterocycles. The number of carboxylic acid groups (broad SMARTS) is 1. The molecule has 12 nitrogen and oxygen atoms in total. The first-order valence-corrected chi connectivity index (χ1v) is 17.1. The van der Waals surface area contributed by atoms with E-state index in [1.165, 1.54) is 13.0 Å². The largest absolute Gasteiger partial charge is 0.480 e. The number of aromatic amines is 1. The van der Waals surface area contributed by atoms with Crippen molar-refractivity contribution in [3.8, 4) is 16.9 Å². The Hall–Kier alpha value is -5.51. The van der Waals surface area contributed by atoms with Crippen molar-refractivity contribution in [3.05, 3.63) is 88.3 Å². The average Bonchev–Trinajstić information content (AvgIpc) is 3.76. The Morgan fingerprint density at radius 1 is 1.07 bits per heavy atom. The van der Waals surface area contributed by atoms with Gasteiger partial charge in [-0.1, -0.05) is 32.0 Å². The van der Waals surface area contributed by atoms with Crippen LogP contribution in [0.15, 0.2) is 48.9 Å². The van der Waals surface area contributed by atoms with Crippen LogP contribution in [0.3, 0.4) is 0 Å². The summed E-state index contributed by atoms with van der Waals surface area (Å²) in [4.78, 5) is 48.3. The highest BCUT2D eigenvalue weighted by Gasteiger charge is 2.34. The number of carbonyl (C=O) groups is 3. The number of carboxylic acids is 1. The third kappa shape index (κ3) is 8.02. The van der Waals surface area contributed by atoms with Gasteiger partial charge in [-0.25, -0.2) is 23.8 Å². The number of ether oxygens (including phenoxy) is 1. The number of fused-ring (bicyclic) bond motifs is 2. The fraction of sp³-hybridized carbons (Fsp3) is 0.351. The predicted molar refractivity (Wildman–Crippen MR) is 193 cm³/mol. The van der Waals surface area contributed by atoms with Gasteiger partial charge in [-0.2, -0.15) is 18.3 Å².